The van der Waals surface area contributed by atoms with Gasteiger partial charge in [-0.3, -0.25) is 9.59 Å². The van der Waals surface area contributed by atoms with Crippen LogP contribution < -0.4 is 0 Å². The van der Waals surface area contributed by atoms with E-state index in [9.17, 15) is 9.59 Å². The lowest BCUT2D eigenvalue weighted by molar-refractivity contribution is -0.150. The highest BCUT2D eigenvalue weighted by molar-refractivity contribution is 5.81. The van der Waals surface area contributed by atoms with Gasteiger partial charge in [-0.1, -0.05) is 0 Å². The number of nitrogens with zero attached hydrogens (tertiary/aromatic N) is 1. The molecule has 3 atom stereocenters. The molecule has 0 bridgehead atoms. The molecule has 0 aromatic rings. The van der Waals surface area contributed by atoms with Crippen LogP contribution in [0.2, 0.25) is 0 Å². The lowest BCUT2D eigenvalue weighted by Crippen LogP contribution is -2.52. The quantitative estimate of drug-likeness (QED) is 0.776. The van der Waals surface area contributed by atoms with Gasteiger partial charge in [0.05, 0.1) is 37.7 Å². The number of carbonyl (C=O) groups excluding carboxylic acids is 1. The van der Waals surface area contributed by atoms with Crippen molar-refractivity contribution in [2.24, 2.45) is 5.92 Å². The Bertz CT molecular complexity index is 332. The minimum absolute atomic E-state index is 0.00884. The standard InChI is InChI=1S/C12H19NO5/c1-8-10(2-4-18-8)12(16)13-3-5-17-7-9(13)6-11(14)15/h8-10H,2-7H2,1H3,(H,14,15). The number of carbonyl (C=O) groups is 2. The second-order valence-electron chi connectivity index (χ2n) is 4.83. The first-order valence-corrected chi connectivity index (χ1v) is 6.31. The van der Waals surface area contributed by atoms with Gasteiger partial charge in [0.2, 0.25) is 5.91 Å². The smallest absolute Gasteiger partial charge is 0.305 e. The summed E-state index contributed by atoms with van der Waals surface area (Å²) >= 11 is 0. The van der Waals surface area contributed by atoms with Crippen molar-refractivity contribution in [1.82, 2.24) is 4.90 Å². The highest BCUT2D eigenvalue weighted by Crippen LogP contribution is 2.25. The normalized spacial score (nSPS) is 32.5. The summed E-state index contributed by atoms with van der Waals surface area (Å²) in [7, 11) is 0. The number of hydrogen-bond donors (Lipinski definition) is 1. The van der Waals surface area contributed by atoms with E-state index < -0.39 is 5.97 Å². The molecule has 3 unspecified atom stereocenters. The maximum Gasteiger partial charge on any atom is 0.305 e. The van der Waals surface area contributed by atoms with Gasteiger partial charge in [0.15, 0.2) is 0 Å². The first-order valence-electron chi connectivity index (χ1n) is 6.31. The van der Waals surface area contributed by atoms with Gasteiger partial charge in [-0.15, -0.1) is 0 Å². The zero-order valence-corrected chi connectivity index (χ0v) is 10.5. The van der Waals surface area contributed by atoms with Crippen molar-refractivity contribution in [2.75, 3.05) is 26.4 Å². The second kappa shape index (κ2) is 5.67. The van der Waals surface area contributed by atoms with Gasteiger partial charge in [-0.05, 0) is 13.3 Å². The van der Waals surface area contributed by atoms with E-state index in [0.29, 0.717) is 26.4 Å². The van der Waals surface area contributed by atoms with Crippen molar-refractivity contribution in [1.29, 1.82) is 0 Å². The van der Waals surface area contributed by atoms with Crippen molar-refractivity contribution < 1.29 is 24.2 Å². The van der Waals surface area contributed by atoms with E-state index in [1.807, 2.05) is 6.92 Å². The number of carboxylic acid groups (broad SMARTS) is 1. The number of aliphatic carboxylic acids is 1. The van der Waals surface area contributed by atoms with Gasteiger partial charge in [-0.2, -0.15) is 0 Å². The Labute approximate surface area is 106 Å². The first kappa shape index (κ1) is 13.3. The van der Waals surface area contributed by atoms with Gasteiger partial charge in [0, 0.05) is 13.2 Å². The molecule has 2 rings (SSSR count). The van der Waals surface area contributed by atoms with Crippen LogP contribution in [0.4, 0.5) is 0 Å². The minimum atomic E-state index is -0.904. The lowest BCUT2D eigenvalue weighted by atomic mass is 9.99. The van der Waals surface area contributed by atoms with Crippen molar-refractivity contribution in [3.8, 4) is 0 Å². The Hall–Kier alpha value is -1.14. The lowest BCUT2D eigenvalue weighted by Gasteiger charge is -2.36. The monoisotopic (exact) mass is 257 g/mol. The van der Waals surface area contributed by atoms with Gasteiger partial charge in [0.1, 0.15) is 0 Å². The molecule has 2 heterocycles. The molecule has 0 spiro atoms. The summed E-state index contributed by atoms with van der Waals surface area (Å²) in [6, 6.07) is -0.350. The van der Waals surface area contributed by atoms with E-state index in [2.05, 4.69) is 0 Å². The number of hydrogen-bond acceptors (Lipinski definition) is 4. The molecule has 2 aliphatic heterocycles. The van der Waals surface area contributed by atoms with Crippen LogP contribution in [-0.4, -0.2) is 60.4 Å². The number of carboxylic acids is 1. The van der Waals surface area contributed by atoms with Crippen LogP contribution in [0.3, 0.4) is 0 Å². The molecule has 0 saturated carbocycles. The fraction of sp³-hybridized carbons (Fsp3) is 0.833. The predicted molar refractivity (Wildman–Crippen MR) is 62.1 cm³/mol. The van der Waals surface area contributed by atoms with E-state index in [1.54, 1.807) is 4.90 Å². The molecular formula is C12H19NO5. The molecule has 0 aromatic carbocycles. The van der Waals surface area contributed by atoms with E-state index in [4.69, 9.17) is 14.6 Å². The zero-order chi connectivity index (χ0) is 13.1. The highest BCUT2D eigenvalue weighted by Gasteiger charge is 2.38. The minimum Gasteiger partial charge on any atom is -0.481 e. The van der Waals surface area contributed by atoms with E-state index in [0.717, 1.165) is 6.42 Å². The van der Waals surface area contributed by atoms with Gasteiger partial charge in [0.25, 0.3) is 0 Å². The maximum atomic E-state index is 12.4. The third kappa shape index (κ3) is 2.81. The molecule has 1 N–H and O–H groups in total. The largest absolute Gasteiger partial charge is 0.481 e. The van der Waals surface area contributed by atoms with Crippen LogP contribution in [0, 0.1) is 5.92 Å². The Kier molecular flexibility index (Phi) is 4.19. The Balaban J connectivity index is 2.03. The molecule has 0 aliphatic carbocycles. The average Bonchev–Trinajstić information content (AvgIpc) is 2.74. The molecule has 1 amide bonds. The van der Waals surface area contributed by atoms with Crippen molar-refractivity contribution in [2.45, 2.75) is 31.9 Å². The van der Waals surface area contributed by atoms with Gasteiger partial charge < -0.3 is 19.5 Å². The van der Waals surface area contributed by atoms with Gasteiger partial charge >= 0.3 is 5.97 Å². The van der Waals surface area contributed by atoms with Crippen molar-refractivity contribution in [3.63, 3.8) is 0 Å². The molecule has 6 heteroatoms. The van der Waals surface area contributed by atoms with Crippen molar-refractivity contribution in [3.05, 3.63) is 0 Å². The summed E-state index contributed by atoms with van der Waals surface area (Å²) in [6.45, 7) is 3.75. The SMILES string of the molecule is CC1OCCC1C(=O)N1CCOCC1CC(=O)O. The molecule has 0 radical (unpaired) electrons. The molecule has 2 aliphatic rings. The maximum absolute atomic E-state index is 12.4. The molecular weight excluding hydrogens is 238 g/mol. The summed E-state index contributed by atoms with van der Waals surface area (Å²) in [5, 5.41) is 8.86. The first-order chi connectivity index (χ1) is 8.59. The zero-order valence-electron chi connectivity index (χ0n) is 10.5. The number of ether oxygens (including phenoxy) is 2. The number of rotatable bonds is 3. The summed E-state index contributed by atoms with van der Waals surface area (Å²) in [5.74, 6) is -1.03. The van der Waals surface area contributed by atoms with Crippen LogP contribution in [0.25, 0.3) is 0 Å². The Morgan fingerprint density at radius 2 is 2.17 bits per heavy atom. The molecule has 2 fully saturated rings. The predicted octanol–water partition coefficient (Wildman–Crippen LogP) is 0.114. The second-order valence-corrected chi connectivity index (χ2v) is 4.83. The third-order valence-electron chi connectivity index (χ3n) is 3.61. The summed E-state index contributed by atoms with van der Waals surface area (Å²) in [5.41, 5.74) is 0. The molecule has 18 heavy (non-hydrogen) atoms. The van der Waals surface area contributed by atoms with E-state index in [1.165, 1.54) is 0 Å². The highest BCUT2D eigenvalue weighted by atomic mass is 16.5. The Morgan fingerprint density at radius 1 is 1.39 bits per heavy atom. The van der Waals surface area contributed by atoms with Crippen molar-refractivity contribution >= 4 is 11.9 Å². The summed E-state index contributed by atoms with van der Waals surface area (Å²) in [4.78, 5) is 24.9. The van der Waals surface area contributed by atoms with E-state index >= 15 is 0 Å². The van der Waals surface area contributed by atoms with Crippen LogP contribution in [0.15, 0.2) is 0 Å². The molecule has 2 saturated heterocycles. The number of amides is 1. The number of morpholine rings is 1. The van der Waals surface area contributed by atoms with Crippen LogP contribution in [0.5, 0.6) is 0 Å². The van der Waals surface area contributed by atoms with Crippen LogP contribution >= 0.6 is 0 Å². The third-order valence-corrected chi connectivity index (χ3v) is 3.61. The topological polar surface area (TPSA) is 76.1 Å². The van der Waals surface area contributed by atoms with Crippen LogP contribution in [0.1, 0.15) is 19.8 Å². The van der Waals surface area contributed by atoms with Gasteiger partial charge in [-0.25, -0.2) is 0 Å². The molecule has 0 aromatic heterocycles. The molecule has 102 valence electrons. The summed E-state index contributed by atoms with van der Waals surface area (Å²) in [6.07, 6.45) is 0.580. The fourth-order valence-corrected chi connectivity index (χ4v) is 2.58. The summed E-state index contributed by atoms with van der Waals surface area (Å²) < 4.78 is 10.7. The van der Waals surface area contributed by atoms with E-state index in [-0.39, 0.29) is 30.4 Å². The average molecular weight is 257 g/mol. The molecule has 6 nitrogen and oxygen atoms in total. The Morgan fingerprint density at radius 3 is 2.78 bits per heavy atom. The van der Waals surface area contributed by atoms with Crippen LogP contribution in [-0.2, 0) is 19.1 Å². The fourth-order valence-electron chi connectivity index (χ4n) is 2.58.